The molecule has 3 N–H and O–H groups in total. The van der Waals surface area contributed by atoms with Crippen LogP contribution in [0.15, 0.2) is 24.3 Å². The Morgan fingerprint density at radius 2 is 2.16 bits per heavy atom. The zero-order chi connectivity index (χ0) is 13.3. The molecule has 3 unspecified atom stereocenters. The molecule has 104 valence electrons. The van der Waals surface area contributed by atoms with E-state index in [1.165, 1.54) is 5.75 Å². The van der Waals surface area contributed by atoms with Crippen molar-refractivity contribution in [2.45, 2.75) is 31.0 Å². The Labute approximate surface area is 118 Å². The van der Waals surface area contributed by atoms with E-state index in [0.717, 1.165) is 42.9 Å². The molecule has 0 saturated carbocycles. The Balaban J connectivity index is 1.72. The van der Waals surface area contributed by atoms with Crippen LogP contribution in [-0.2, 0) is 4.74 Å². The van der Waals surface area contributed by atoms with Gasteiger partial charge >= 0.3 is 0 Å². The standard InChI is InChI=1S/C15H21NO2S/c16-13-3-1-11(2-4-13)14(17)12-5-7-18-15(9-12)6-8-19-10-15/h1-4,12,14,17H,5-10,16H2. The summed E-state index contributed by atoms with van der Waals surface area (Å²) in [6, 6.07) is 7.59. The van der Waals surface area contributed by atoms with Gasteiger partial charge in [-0.2, -0.15) is 11.8 Å². The number of hydrogen-bond acceptors (Lipinski definition) is 4. The molecule has 4 heteroatoms. The molecular formula is C15H21NO2S. The van der Waals surface area contributed by atoms with Crippen LogP contribution in [0.4, 0.5) is 5.69 Å². The maximum Gasteiger partial charge on any atom is 0.0820 e. The van der Waals surface area contributed by atoms with Crippen molar-refractivity contribution in [2.75, 3.05) is 23.8 Å². The first kappa shape index (κ1) is 13.3. The van der Waals surface area contributed by atoms with E-state index >= 15 is 0 Å². The summed E-state index contributed by atoms with van der Waals surface area (Å²) in [5.41, 5.74) is 7.44. The molecule has 0 amide bonds. The van der Waals surface area contributed by atoms with Gasteiger partial charge in [-0.25, -0.2) is 0 Å². The van der Waals surface area contributed by atoms with Gasteiger partial charge in [0.2, 0.25) is 0 Å². The normalized spacial score (nSPS) is 32.6. The van der Waals surface area contributed by atoms with Crippen LogP contribution >= 0.6 is 11.8 Å². The van der Waals surface area contributed by atoms with Crippen LogP contribution < -0.4 is 5.73 Å². The summed E-state index contributed by atoms with van der Waals surface area (Å²) < 4.78 is 6.01. The van der Waals surface area contributed by atoms with Gasteiger partial charge in [-0.15, -0.1) is 0 Å². The quantitative estimate of drug-likeness (QED) is 0.817. The number of aliphatic hydroxyl groups is 1. The van der Waals surface area contributed by atoms with E-state index in [1.54, 1.807) is 0 Å². The third kappa shape index (κ3) is 2.76. The van der Waals surface area contributed by atoms with E-state index in [2.05, 4.69) is 0 Å². The van der Waals surface area contributed by atoms with Crippen molar-refractivity contribution in [2.24, 2.45) is 5.92 Å². The first-order chi connectivity index (χ1) is 9.19. The summed E-state index contributed by atoms with van der Waals surface area (Å²) in [5, 5.41) is 10.6. The molecule has 0 aromatic heterocycles. The molecule has 0 bridgehead atoms. The highest BCUT2D eigenvalue weighted by atomic mass is 32.2. The van der Waals surface area contributed by atoms with Crippen molar-refractivity contribution >= 4 is 17.4 Å². The Morgan fingerprint density at radius 1 is 1.37 bits per heavy atom. The molecule has 2 fully saturated rings. The van der Waals surface area contributed by atoms with Gasteiger partial charge in [0.1, 0.15) is 0 Å². The lowest BCUT2D eigenvalue weighted by Crippen LogP contribution is -2.41. The first-order valence-electron chi connectivity index (χ1n) is 6.94. The van der Waals surface area contributed by atoms with Crippen LogP contribution in [0.25, 0.3) is 0 Å². The van der Waals surface area contributed by atoms with Crippen molar-refractivity contribution in [3.8, 4) is 0 Å². The summed E-state index contributed by atoms with van der Waals surface area (Å²) in [6.45, 7) is 0.775. The van der Waals surface area contributed by atoms with Crippen molar-refractivity contribution < 1.29 is 9.84 Å². The molecule has 19 heavy (non-hydrogen) atoms. The highest BCUT2D eigenvalue weighted by molar-refractivity contribution is 7.99. The summed E-state index contributed by atoms with van der Waals surface area (Å²) in [6.07, 6.45) is 2.65. The Hall–Kier alpha value is -0.710. The van der Waals surface area contributed by atoms with E-state index in [-0.39, 0.29) is 5.60 Å². The Bertz CT molecular complexity index is 428. The first-order valence-corrected chi connectivity index (χ1v) is 8.09. The summed E-state index contributed by atoms with van der Waals surface area (Å²) in [4.78, 5) is 0. The predicted octanol–water partition coefficient (Wildman–Crippen LogP) is 2.60. The largest absolute Gasteiger partial charge is 0.399 e. The van der Waals surface area contributed by atoms with Crippen LogP contribution in [-0.4, -0.2) is 28.8 Å². The molecule has 2 aliphatic heterocycles. The fourth-order valence-corrected chi connectivity index (χ4v) is 4.54. The third-order valence-corrected chi connectivity index (χ3v) is 5.55. The van der Waals surface area contributed by atoms with E-state index in [1.807, 2.05) is 36.0 Å². The van der Waals surface area contributed by atoms with E-state index < -0.39 is 6.10 Å². The molecule has 1 aromatic rings. The smallest absolute Gasteiger partial charge is 0.0820 e. The predicted molar refractivity (Wildman–Crippen MR) is 79.2 cm³/mol. The monoisotopic (exact) mass is 279 g/mol. The van der Waals surface area contributed by atoms with Gasteiger partial charge in [0.25, 0.3) is 0 Å². The van der Waals surface area contributed by atoms with Gasteiger partial charge in [-0.05, 0) is 48.6 Å². The maximum atomic E-state index is 10.6. The van der Waals surface area contributed by atoms with Crippen molar-refractivity contribution in [1.82, 2.24) is 0 Å². The highest BCUT2D eigenvalue weighted by Crippen LogP contribution is 2.43. The maximum absolute atomic E-state index is 10.6. The minimum atomic E-state index is -0.396. The van der Waals surface area contributed by atoms with Crippen LogP contribution in [0.2, 0.25) is 0 Å². The third-order valence-electron chi connectivity index (χ3n) is 4.32. The van der Waals surface area contributed by atoms with Crippen LogP contribution in [0.5, 0.6) is 0 Å². The Kier molecular flexibility index (Phi) is 3.74. The van der Waals surface area contributed by atoms with E-state index in [4.69, 9.17) is 10.5 Å². The lowest BCUT2D eigenvalue weighted by Gasteiger charge is -2.39. The lowest BCUT2D eigenvalue weighted by molar-refractivity contribution is -0.102. The molecule has 2 aliphatic rings. The molecule has 3 rings (SSSR count). The average Bonchev–Trinajstić information content (AvgIpc) is 2.87. The summed E-state index contributed by atoms with van der Waals surface area (Å²) in [7, 11) is 0. The zero-order valence-corrected chi connectivity index (χ0v) is 11.9. The lowest BCUT2D eigenvalue weighted by atomic mass is 9.80. The van der Waals surface area contributed by atoms with Gasteiger partial charge in [0.15, 0.2) is 0 Å². The molecule has 0 radical (unpaired) electrons. The SMILES string of the molecule is Nc1ccc(C(O)C2CCOC3(CCSC3)C2)cc1. The molecule has 1 aromatic carbocycles. The zero-order valence-electron chi connectivity index (χ0n) is 11.0. The number of ether oxygens (including phenoxy) is 1. The van der Waals surface area contributed by atoms with Crippen LogP contribution in [0.1, 0.15) is 30.9 Å². The number of nitrogen functional groups attached to an aromatic ring is 1. The van der Waals surface area contributed by atoms with Gasteiger partial charge in [-0.1, -0.05) is 12.1 Å². The fourth-order valence-electron chi connectivity index (χ4n) is 3.16. The Morgan fingerprint density at radius 3 is 2.84 bits per heavy atom. The second-order valence-corrected chi connectivity index (χ2v) is 6.80. The topological polar surface area (TPSA) is 55.5 Å². The van der Waals surface area contributed by atoms with Crippen molar-refractivity contribution in [1.29, 1.82) is 0 Å². The van der Waals surface area contributed by atoms with Crippen LogP contribution in [0.3, 0.4) is 0 Å². The van der Waals surface area contributed by atoms with Gasteiger partial charge in [0.05, 0.1) is 11.7 Å². The number of benzene rings is 1. The minimum Gasteiger partial charge on any atom is -0.399 e. The van der Waals surface area contributed by atoms with Crippen LogP contribution in [0, 0.1) is 5.92 Å². The van der Waals surface area contributed by atoms with Crippen molar-refractivity contribution in [3.63, 3.8) is 0 Å². The number of aliphatic hydroxyl groups excluding tert-OH is 1. The summed E-state index contributed by atoms with van der Waals surface area (Å²) >= 11 is 1.97. The number of hydrogen-bond donors (Lipinski definition) is 2. The minimum absolute atomic E-state index is 0.0301. The van der Waals surface area contributed by atoms with Gasteiger partial charge in [0, 0.05) is 18.0 Å². The number of anilines is 1. The summed E-state index contributed by atoms with van der Waals surface area (Å²) in [5.74, 6) is 2.57. The van der Waals surface area contributed by atoms with Gasteiger partial charge in [-0.3, -0.25) is 0 Å². The number of nitrogens with two attached hydrogens (primary N) is 1. The second kappa shape index (κ2) is 5.35. The fraction of sp³-hybridized carbons (Fsp3) is 0.600. The average molecular weight is 279 g/mol. The second-order valence-electron chi connectivity index (χ2n) is 5.70. The van der Waals surface area contributed by atoms with Crippen molar-refractivity contribution in [3.05, 3.63) is 29.8 Å². The molecular weight excluding hydrogens is 258 g/mol. The number of rotatable bonds is 2. The molecule has 0 aliphatic carbocycles. The number of thioether (sulfide) groups is 1. The molecule has 3 atom stereocenters. The van der Waals surface area contributed by atoms with E-state index in [0.29, 0.717) is 5.92 Å². The molecule has 2 heterocycles. The molecule has 1 spiro atoms. The highest BCUT2D eigenvalue weighted by Gasteiger charge is 2.42. The van der Waals surface area contributed by atoms with Gasteiger partial charge < -0.3 is 15.6 Å². The van der Waals surface area contributed by atoms with E-state index in [9.17, 15) is 5.11 Å². The molecule has 2 saturated heterocycles. The molecule has 3 nitrogen and oxygen atoms in total.